The fraction of sp³-hybridized carbons (Fsp3) is 0.738. The SMILES string of the molecule is CC[C@H](c1ccc(-c2ccc(C)nc2)cc1)[C@@H](CF)n1cc(CCN(C)[C@H]2C[C@@H](C)O[C@@H](O[C@@H]3[C@@H](C)C([C@H]4C[C@@](C)(OC)[C@@H](O)[C@H](C)O4)[C@@H](C)C(=O)O[C@H](CC)[C@@]4(C)OC(=O)N(NCC5CN(C(C)=O)C5)[C@@H]4[C@@H](C)C(=O)[C@H](C)C[C@@]3(C)OC)[C@@H]2O)nn1. The number of fused-ring (bicyclic) bond motifs is 1. The molecule has 8 rings (SSSR count). The van der Waals surface area contributed by atoms with Gasteiger partial charge in [-0.25, -0.2) is 24.3 Å². The molecule has 20 atom stereocenters. The van der Waals surface area contributed by atoms with Gasteiger partial charge >= 0.3 is 12.1 Å². The van der Waals surface area contributed by atoms with Crippen molar-refractivity contribution in [3.05, 3.63) is 65.7 Å². The number of hydrazine groups is 1. The zero-order valence-electron chi connectivity index (χ0n) is 54.2. The number of nitrogens with one attached hydrogen (secondary N) is 1. The summed E-state index contributed by atoms with van der Waals surface area (Å²) in [5.41, 5.74) is 3.97. The molecule has 484 valence electrons. The number of carbonyl (C=O) groups is 4. The number of aliphatic hydroxyl groups is 2. The highest BCUT2D eigenvalue weighted by Gasteiger charge is 2.62. The van der Waals surface area contributed by atoms with E-state index < -0.39 is 132 Å². The molecule has 5 saturated heterocycles. The lowest BCUT2D eigenvalue weighted by atomic mass is 9.67. The lowest BCUT2D eigenvalue weighted by Gasteiger charge is -2.52. The molecular weight excluding hydrogens is 1120 g/mol. The van der Waals surface area contributed by atoms with E-state index in [9.17, 15) is 19.8 Å². The summed E-state index contributed by atoms with van der Waals surface area (Å²) in [7, 11) is 5.01. The number of likely N-dealkylation sites (tertiary alicyclic amines) is 1. The molecule has 1 unspecified atom stereocenters. The first-order chi connectivity index (χ1) is 41.1. The standard InChI is InChI=1S/C65H99FN8O13/c1-17-49(46-23-21-45(22-24-46)47-20-19-37(4)67-32-47)51(30-66)73-35-48(69-70-73)25-26-71(14)50-27-38(5)83-61(56(50)77)86-59-39(6)54(52-29-63(11,81-15)58(78)42(9)84-52)40(7)60(79)85-53(18-2)65(13)57(41(8)55(76)36(3)28-64(59,12)82-16)74(62(80)87-65)68-31-44-33-72(34-44)43(10)75/h19-24,32,35-36,38-42,44,49-54,56-59,61,68,77-78H,17-18,25-31,33-34H2,1-16H3/t36-,38-,39+,40-,41+,42+,49-,50+,51-,52-,53-,54?,56-,57-,58+,59-,61+,63-,64-,65-/m1/s1. The first-order valence-electron chi connectivity index (χ1n) is 31.5. The summed E-state index contributed by atoms with van der Waals surface area (Å²) in [6, 6.07) is 10.2. The zero-order chi connectivity index (χ0) is 63.6. The topological polar surface area (TPSA) is 239 Å². The van der Waals surface area contributed by atoms with Crippen LogP contribution < -0.4 is 5.43 Å². The van der Waals surface area contributed by atoms with Gasteiger partial charge in [0.05, 0.1) is 53.3 Å². The van der Waals surface area contributed by atoms with Gasteiger partial charge in [-0.05, 0) is 97.4 Å². The van der Waals surface area contributed by atoms with Gasteiger partial charge < -0.3 is 53.2 Å². The minimum absolute atomic E-state index is 0.0370. The van der Waals surface area contributed by atoms with Gasteiger partial charge in [0.15, 0.2) is 11.9 Å². The highest BCUT2D eigenvalue weighted by atomic mass is 19.1. The Bertz CT molecular complexity index is 2810. The predicted octanol–water partition coefficient (Wildman–Crippen LogP) is 7.44. The average molecular weight is 1220 g/mol. The number of hydrogen-bond donors (Lipinski definition) is 3. The van der Waals surface area contributed by atoms with Crippen molar-refractivity contribution in [1.82, 2.24) is 40.2 Å². The quantitative estimate of drug-likeness (QED) is 0.0988. The van der Waals surface area contributed by atoms with Gasteiger partial charge in [-0.2, -0.15) is 0 Å². The van der Waals surface area contributed by atoms with E-state index in [-0.39, 0.29) is 42.8 Å². The summed E-state index contributed by atoms with van der Waals surface area (Å²) < 4.78 is 63.0. The van der Waals surface area contributed by atoms with Crippen molar-refractivity contribution in [2.75, 3.05) is 54.1 Å². The van der Waals surface area contributed by atoms with Crippen molar-refractivity contribution in [2.45, 2.75) is 218 Å². The third-order valence-corrected chi connectivity index (χ3v) is 20.5. The van der Waals surface area contributed by atoms with Crippen LogP contribution in [-0.2, 0) is 54.0 Å². The van der Waals surface area contributed by atoms with Crippen LogP contribution in [-0.4, -0.2) is 201 Å². The van der Waals surface area contributed by atoms with Gasteiger partial charge in [0, 0.05) is 119 Å². The molecule has 3 aromatic rings. The van der Waals surface area contributed by atoms with Gasteiger partial charge in [0.25, 0.3) is 0 Å². The number of aromatic nitrogens is 4. The Hall–Kier alpha value is -5.04. The summed E-state index contributed by atoms with van der Waals surface area (Å²) >= 11 is 0. The number of benzene rings is 1. The number of aryl methyl sites for hydroxylation is 1. The number of nitrogens with zero attached hydrogens (tertiary/aromatic N) is 7. The van der Waals surface area contributed by atoms with Crippen LogP contribution in [0.1, 0.15) is 144 Å². The summed E-state index contributed by atoms with van der Waals surface area (Å²) in [4.78, 5) is 65.1. The van der Waals surface area contributed by atoms with Gasteiger partial charge in [0.2, 0.25) is 5.91 Å². The van der Waals surface area contributed by atoms with E-state index in [1.54, 1.807) is 44.4 Å². The number of methoxy groups -OCH3 is 2. The molecule has 0 bridgehead atoms. The molecule has 5 aliphatic heterocycles. The number of rotatable bonds is 19. The predicted molar refractivity (Wildman–Crippen MR) is 322 cm³/mol. The van der Waals surface area contributed by atoms with Crippen molar-refractivity contribution >= 4 is 23.8 Å². The van der Waals surface area contributed by atoms with Gasteiger partial charge in [-0.15, -0.1) is 5.10 Å². The number of aliphatic hydroxyl groups excluding tert-OH is 2. The number of esters is 1. The van der Waals surface area contributed by atoms with Gasteiger partial charge in [-0.3, -0.25) is 19.4 Å². The van der Waals surface area contributed by atoms with Crippen LogP contribution in [0.4, 0.5) is 9.18 Å². The second-order valence-corrected chi connectivity index (χ2v) is 26.6. The minimum atomic E-state index is -1.51. The molecular formula is C65H99FN8O13. The Labute approximate surface area is 514 Å². The molecule has 3 N–H and O–H groups in total. The van der Waals surface area contributed by atoms with E-state index in [2.05, 4.69) is 25.6 Å². The van der Waals surface area contributed by atoms with Gasteiger partial charge in [0.1, 0.15) is 36.8 Å². The lowest BCUT2D eigenvalue weighted by Crippen LogP contribution is -2.63. The van der Waals surface area contributed by atoms with Crippen molar-refractivity contribution in [2.24, 2.45) is 35.5 Å². The summed E-state index contributed by atoms with van der Waals surface area (Å²) in [6.45, 7) is 24.9. The monoisotopic (exact) mass is 1220 g/mol. The highest BCUT2D eigenvalue weighted by Crippen LogP contribution is 2.48. The molecule has 0 aliphatic carbocycles. The molecule has 5 aliphatic rings. The number of ketones is 1. The number of halogens is 1. The first-order valence-corrected chi connectivity index (χ1v) is 31.5. The second kappa shape index (κ2) is 28.0. The second-order valence-electron chi connectivity index (χ2n) is 26.6. The van der Waals surface area contributed by atoms with Crippen LogP contribution >= 0.6 is 0 Å². The van der Waals surface area contributed by atoms with E-state index >= 15 is 14.0 Å². The number of alkyl halides is 1. The Morgan fingerprint density at radius 1 is 0.931 bits per heavy atom. The molecule has 2 aromatic heterocycles. The number of carbonyl (C=O) groups excluding carboxylic acids is 4. The molecule has 22 heteroatoms. The number of amides is 2. The first kappa shape index (κ1) is 67.9. The van der Waals surface area contributed by atoms with E-state index in [0.29, 0.717) is 51.1 Å². The van der Waals surface area contributed by atoms with Crippen molar-refractivity contribution in [3.8, 4) is 11.1 Å². The smallest absolute Gasteiger partial charge is 0.425 e. The maximum atomic E-state index is 15.3. The Balaban J connectivity index is 1.07. The molecule has 0 saturated carbocycles. The molecule has 21 nitrogen and oxygen atoms in total. The van der Waals surface area contributed by atoms with Crippen LogP contribution in [0.15, 0.2) is 48.8 Å². The maximum Gasteiger partial charge on any atom is 0.425 e. The van der Waals surface area contributed by atoms with Gasteiger partial charge in [-0.1, -0.05) is 77.1 Å². The zero-order valence-corrected chi connectivity index (χ0v) is 54.2. The molecule has 7 heterocycles. The average Bonchev–Trinajstić information content (AvgIpc) is 1.87. The minimum Gasteiger partial charge on any atom is -0.458 e. The van der Waals surface area contributed by atoms with Crippen LogP contribution in [0.5, 0.6) is 0 Å². The van der Waals surface area contributed by atoms with E-state index in [4.69, 9.17) is 33.2 Å². The normalized spacial score (nSPS) is 36.4. The summed E-state index contributed by atoms with van der Waals surface area (Å²) in [5.74, 6) is -4.96. The fourth-order valence-corrected chi connectivity index (χ4v) is 15.0. The highest BCUT2D eigenvalue weighted by molar-refractivity contribution is 5.85. The number of pyridine rings is 1. The van der Waals surface area contributed by atoms with Crippen molar-refractivity contribution in [1.29, 1.82) is 0 Å². The molecule has 0 spiro atoms. The lowest BCUT2D eigenvalue weighted by molar-refractivity contribution is -0.305. The van der Waals surface area contributed by atoms with Crippen molar-refractivity contribution in [3.63, 3.8) is 0 Å². The molecule has 0 radical (unpaired) electrons. The summed E-state index contributed by atoms with van der Waals surface area (Å²) in [5, 5.41) is 34.5. The maximum absolute atomic E-state index is 15.3. The van der Waals surface area contributed by atoms with E-state index in [1.807, 2.05) is 111 Å². The number of Topliss-reactive ketones (excluding diaryl/α,β-unsaturated/α-hetero) is 1. The van der Waals surface area contributed by atoms with E-state index in [0.717, 1.165) is 22.4 Å². The van der Waals surface area contributed by atoms with Crippen molar-refractivity contribution < 1.29 is 66.9 Å². The van der Waals surface area contributed by atoms with E-state index in [1.165, 1.54) is 19.0 Å². The third kappa shape index (κ3) is 14.1. The van der Waals surface area contributed by atoms with Crippen LogP contribution in [0.3, 0.4) is 0 Å². The molecule has 2 amide bonds. The van der Waals surface area contributed by atoms with Crippen LogP contribution in [0, 0.1) is 42.4 Å². The summed E-state index contributed by atoms with van der Waals surface area (Å²) in [6.07, 6.45) is -2.40. The van der Waals surface area contributed by atoms with Crippen LogP contribution in [0.25, 0.3) is 11.1 Å². The number of ether oxygens (including phenoxy) is 7. The third-order valence-electron chi connectivity index (χ3n) is 20.5. The number of likely N-dealkylation sites (N-methyl/N-ethyl adjacent to an activating group) is 1. The Kier molecular flexibility index (Phi) is 21.8. The fourth-order valence-electron chi connectivity index (χ4n) is 15.0. The molecule has 5 fully saturated rings. The van der Waals surface area contributed by atoms with Crippen LogP contribution in [0.2, 0.25) is 0 Å². The number of cyclic esters (lactones) is 1. The Morgan fingerprint density at radius 3 is 2.22 bits per heavy atom. The molecule has 1 aromatic carbocycles. The largest absolute Gasteiger partial charge is 0.458 e. The Morgan fingerprint density at radius 2 is 1.61 bits per heavy atom. The number of hydrogen-bond acceptors (Lipinski definition) is 18. The molecule has 87 heavy (non-hydrogen) atoms.